The van der Waals surface area contributed by atoms with E-state index in [1.165, 1.54) is 26.9 Å². The van der Waals surface area contributed by atoms with Gasteiger partial charge in [-0.1, -0.05) is 19.1 Å². The topological polar surface area (TPSA) is 83.1 Å². The van der Waals surface area contributed by atoms with Crippen molar-refractivity contribution >= 4 is 17.6 Å². The first-order valence-corrected chi connectivity index (χ1v) is 9.80. The van der Waals surface area contributed by atoms with Crippen LogP contribution >= 0.6 is 0 Å². The molecule has 0 fully saturated rings. The normalized spacial score (nSPS) is 11.4. The van der Waals surface area contributed by atoms with E-state index in [0.29, 0.717) is 29.4 Å². The van der Waals surface area contributed by atoms with Crippen molar-refractivity contribution in [1.82, 2.24) is 0 Å². The second-order valence-corrected chi connectivity index (χ2v) is 6.71. The maximum absolute atomic E-state index is 12.3. The monoisotopic (exact) mass is 415 g/mol. The van der Waals surface area contributed by atoms with Gasteiger partial charge in [-0.15, -0.1) is 0 Å². The van der Waals surface area contributed by atoms with Gasteiger partial charge in [-0.25, -0.2) is 0 Å². The molecule has 0 aromatic heterocycles. The van der Waals surface area contributed by atoms with Gasteiger partial charge in [0.05, 0.1) is 21.3 Å². The minimum absolute atomic E-state index is 0.113. The van der Waals surface area contributed by atoms with Gasteiger partial charge in [0.25, 0.3) is 5.91 Å². The molecular weight excluding hydrogens is 386 g/mol. The highest BCUT2D eigenvalue weighted by Crippen LogP contribution is 2.38. The predicted molar refractivity (Wildman–Crippen MR) is 114 cm³/mol. The molecule has 2 rings (SSSR count). The lowest BCUT2D eigenvalue weighted by molar-refractivity contribution is -0.153. The second kappa shape index (κ2) is 11.1. The molecule has 7 heteroatoms. The molecule has 0 radical (unpaired) electrons. The molecule has 7 nitrogen and oxygen atoms in total. The van der Waals surface area contributed by atoms with Crippen LogP contribution in [0.5, 0.6) is 17.2 Å². The van der Waals surface area contributed by atoms with Gasteiger partial charge in [0, 0.05) is 12.1 Å². The summed E-state index contributed by atoms with van der Waals surface area (Å²) in [4.78, 5) is 24.5. The number of methoxy groups -OCH3 is 3. The van der Waals surface area contributed by atoms with Gasteiger partial charge in [0.15, 0.2) is 17.6 Å². The van der Waals surface area contributed by atoms with Crippen LogP contribution in [0, 0.1) is 0 Å². The summed E-state index contributed by atoms with van der Waals surface area (Å²) in [5.41, 5.74) is 2.67. The van der Waals surface area contributed by atoms with Crippen molar-refractivity contribution in [2.45, 2.75) is 39.2 Å². The van der Waals surface area contributed by atoms with Crippen molar-refractivity contribution < 1.29 is 28.5 Å². The molecule has 0 aliphatic carbocycles. The number of carbonyl (C=O) groups is 2. The number of hydrogen-bond donors (Lipinski definition) is 1. The van der Waals surface area contributed by atoms with Crippen molar-refractivity contribution in [2.75, 3.05) is 26.6 Å². The van der Waals surface area contributed by atoms with Crippen LogP contribution in [0.4, 0.5) is 5.69 Å². The van der Waals surface area contributed by atoms with Crippen LogP contribution in [0.15, 0.2) is 36.4 Å². The van der Waals surface area contributed by atoms with E-state index in [1.54, 1.807) is 19.1 Å². The molecule has 1 N–H and O–H groups in total. The van der Waals surface area contributed by atoms with Crippen molar-refractivity contribution in [3.8, 4) is 17.2 Å². The number of hydrogen-bond acceptors (Lipinski definition) is 6. The Morgan fingerprint density at radius 1 is 0.933 bits per heavy atom. The van der Waals surface area contributed by atoms with Crippen molar-refractivity contribution in [3.05, 3.63) is 47.5 Å². The first-order chi connectivity index (χ1) is 14.4. The third kappa shape index (κ3) is 6.14. The number of ether oxygens (including phenoxy) is 4. The fourth-order valence-electron chi connectivity index (χ4n) is 2.90. The zero-order chi connectivity index (χ0) is 22.1. The van der Waals surface area contributed by atoms with Gasteiger partial charge < -0.3 is 24.3 Å². The molecule has 0 aliphatic heterocycles. The van der Waals surface area contributed by atoms with Crippen LogP contribution in [0.25, 0.3) is 0 Å². The zero-order valence-corrected chi connectivity index (χ0v) is 18.1. The lowest BCUT2D eigenvalue weighted by atomic mass is 10.1. The molecule has 1 amide bonds. The second-order valence-electron chi connectivity index (χ2n) is 6.71. The predicted octanol–water partition coefficient (Wildman–Crippen LogP) is 3.78. The summed E-state index contributed by atoms with van der Waals surface area (Å²) in [6.07, 6.45) is 0.543. The summed E-state index contributed by atoms with van der Waals surface area (Å²) in [5, 5.41) is 2.75. The van der Waals surface area contributed by atoms with Gasteiger partial charge in [0.1, 0.15) is 0 Å². The summed E-state index contributed by atoms with van der Waals surface area (Å²) in [6.45, 7) is 3.61. The molecule has 2 aromatic rings. The number of rotatable bonds is 10. The smallest absolute Gasteiger partial charge is 0.306 e. The average Bonchev–Trinajstić information content (AvgIpc) is 2.77. The largest absolute Gasteiger partial charge is 0.493 e. The summed E-state index contributed by atoms with van der Waals surface area (Å²) < 4.78 is 21.2. The van der Waals surface area contributed by atoms with Crippen LogP contribution in [0.1, 0.15) is 31.4 Å². The highest BCUT2D eigenvalue weighted by atomic mass is 16.5. The molecule has 0 aliphatic rings. The molecule has 162 valence electrons. The van der Waals surface area contributed by atoms with Crippen molar-refractivity contribution in [1.29, 1.82) is 0 Å². The maximum atomic E-state index is 12.3. The van der Waals surface area contributed by atoms with Gasteiger partial charge >= 0.3 is 5.97 Å². The first-order valence-electron chi connectivity index (χ1n) is 9.80. The van der Waals surface area contributed by atoms with E-state index in [9.17, 15) is 9.59 Å². The number of benzene rings is 2. The Morgan fingerprint density at radius 2 is 1.53 bits per heavy atom. The fourth-order valence-corrected chi connectivity index (χ4v) is 2.90. The van der Waals surface area contributed by atoms with E-state index >= 15 is 0 Å². The van der Waals surface area contributed by atoms with E-state index in [2.05, 4.69) is 12.2 Å². The minimum Gasteiger partial charge on any atom is -0.493 e. The maximum Gasteiger partial charge on any atom is 0.306 e. The van der Waals surface area contributed by atoms with Crippen LogP contribution in [-0.4, -0.2) is 39.3 Å². The molecule has 0 saturated heterocycles. The molecule has 0 heterocycles. The van der Waals surface area contributed by atoms with E-state index in [-0.39, 0.29) is 12.3 Å². The van der Waals surface area contributed by atoms with E-state index < -0.39 is 12.1 Å². The number of amides is 1. The lowest BCUT2D eigenvalue weighted by Gasteiger charge is -2.15. The van der Waals surface area contributed by atoms with Crippen LogP contribution in [0.2, 0.25) is 0 Å². The Hall–Kier alpha value is -3.22. The van der Waals surface area contributed by atoms with E-state index in [4.69, 9.17) is 18.9 Å². The van der Waals surface area contributed by atoms with Crippen LogP contribution < -0.4 is 19.5 Å². The molecule has 0 saturated carbocycles. The molecule has 30 heavy (non-hydrogen) atoms. The van der Waals surface area contributed by atoms with Gasteiger partial charge in [-0.2, -0.15) is 0 Å². The highest BCUT2D eigenvalue weighted by molar-refractivity contribution is 5.95. The van der Waals surface area contributed by atoms with Gasteiger partial charge in [-0.3, -0.25) is 9.59 Å². The van der Waals surface area contributed by atoms with Crippen LogP contribution in [-0.2, 0) is 27.2 Å². The highest BCUT2D eigenvalue weighted by Gasteiger charge is 2.19. The first kappa shape index (κ1) is 23.1. The Balaban J connectivity index is 1.91. The third-order valence-electron chi connectivity index (χ3n) is 4.65. The Labute approximate surface area is 177 Å². The SMILES string of the molecule is CCc1ccc(NC(=O)[C@H](C)OC(=O)CCc2cc(OC)c(OC)c(OC)c2)cc1. The number of nitrogens with one attached hydrogen (secondary N) is 1. The Bertz CT molecular complexity index is 837. The molecule has 2 aromatic carbocycles. The summed E-state index contributed by atoms with van der Waals surface area (Å²) >= 11 is 0. The minimum atomic E-state index is -0.900. The number of anilines is 1. The summed E-state index contributed by atoms with van der Waals surface area (Å²) in [7, 11) is 4.60. The van der Waals surface area contributed by atoms with E-state index in [1.807, 2.05) is 24.3 Å². The average molecular weight is 415 g/mol. The Morgan fingerprint density at radius 3 is 2.03 bits per heavy atom. The van der Waals surface area contributed by atoms with E-state index in [0.717, 1.165) is 12.0 Å². The third-order valence-corrected chi connectivity index (χ3v) is 4.65. The number of carbonyl (C=O) groups excluding carboxylic acids is 2. The molecular formula is C23H29NO6. The zero-order valence-electron chi connectivity index (χ0n) is 18.1. The Kier molecular flexibility index (Phi) is 8.53. The van der Waals surface area contributed by atoms with Crippen LogP contribution in [0.3, 0.4) is 0 Å². The number of esters is 1. The standard InChI is InChI=1S/C23H29NO6/c1-6-16-7-10-18(11-8-16)24-23(26)15(2)30-21(25)12-9-17-13-19(27-3)22(29-5)20(14-17)28-4/h7-8,10-11,13-15H,6,9,12H2,1-5H3,(H,24,26)/t15-/m0/s1. The van der Waals surface area contributed by atoms with Crippen molar-refractivity contribution in [3.63, 3.8) is 0 Å². The van der Waals surface area contributed by atoms with Gasteiger partial charge in [-0.05, 0) is 55.2 Å². The molecule has 0 spiro atoms. The molecule has 0 bridgehead atoms. The number of aryl methyl sites for hydroxylation is 2. The fraction of sp³-hybridized carbons (Fsp3) is 0.391. The summed E-state index contributed by atoms with van der Waals surface area (Å²) in [5.74, 6) is 0.681. The molecule has 0 unspecified atom stereocenters. The van der Waals surface area contributed by atoms with Crippen molar-refractivity contribution in [2.24, 2.45) is 0 Å². The van der Waals surface area contributed by atoms with Gasteiger partial charge in [0.2, 0.25) is 5.75 Å². The molecule has 1 atom stereocenters. The summed E-state index contributed by atoms with van der Waals surface area (Å²) in [6, 6.07) is 11.1. The quantitative estimate of drug-likeness (QED) is 0.595. The lowest BCUT2D eigenvalue weighted by Crippen LogP contribution is -2.30.